The van der Waals surface area contributed by atoms with Gasteiger partial charge in [0.25, 0.3) is 0 Å². The minimum absolute atomic E-state index is 0.143. The van der Waals surface area contributed by atoms with E-state index in [9.17, 15) is 9.18 Å². The minimum Gasteiger partial charge on any atom is -0.395 e. The number of aromatic nitrogens is 3. The summed E-state index contributed by atoms with van der Waals surface area (Å²) in [7, 11) is 1.89. The zero-order chi connectivity index (χ0) is 20.6. The van der Waals surface area contributed by atoms with Crippen LogP contribution in [0.2, 0.25) is 5.02 Å². The summed E-state index contributed by atoms with van der Waals surface area (Å²) in [5.74, 6) is 1.17. The number of halogens is 2. The quantitative estimate of drug-likeness (QED) is 0.602. The summed E-state index contributed by atoms with van der Waals surface area (Å²) < 4.78 is 15.2. The normalized spacial score (nSPS) is 14.6. The predicted octanol–water partition coefficient (Wildman–Crippen LogP) is 3.31. The SMILES string of the molecule is Cn1c(-c2ccc(N(C=O)CCO)cc2Cl)nnc1C1(c2ccc(F)cc2)CC1. The first-order chi connectivity index (χ1) is 14.0. The molecule has 1 heterocycles. The molecule has 1 aliphatic carbocycles. The fraction of sp³-hybridized carbons (Fsp3) is 0.286. The van der Waals surface area contributed by atoms with Crippen LogP contribution in [-0.4, -0.2) is 39.4 Å². The standard InChI is InChI=1S/C21H20ClFN4O2/c1-26-19(17-7-6-16(12-18(17)22)27(13-29)10-11-28)24-25-20(26)21(8-9-21)14-2-4-15(23)5-3-14/h2-7,12-13,28H,8-11H2,1H3. The second-order valence-electron chi connectivity index (χ2n) is 7.18. The number of rotatable bonds is 7. The van der Waals surface area contributed by atoms with Crippen molar-refractivity contribution < 1.29 is 14.3 Å². The number of amides is 1. The van der Waals surface area contributed by atoms with Gasteiger partial charge in [0.1, 0.15) is 11.6 Å². The Morgan fingerprint density at radius 1 is 1.24 bits per heavy atom. The molecule has 1 aromatic heterocycles. The van der Waals surface area contributed by atoms with Crippen molar-refractivity contribution in [2.24, 2.45) is 7.05 Å². The molecule has 3 aromatic rings. The van der Waals surface area contributed by atoms with Crippen LogP contribution in [0.4, 0.5) is 10.1 Å². The molecule has 6 nitrogen and oxygen atoms in total. The molecule has 4 rings (SSSR count). The first kappa shape index (κ1) is 19.5. The van der Waals surface area contributed by atoms with Crippen LogP contribution in [0.15, 0.2) is 42.5 Å². The molecule has 0 aliphatic heterocycles. The first-order valence-electron chi connectivity index (χ1n) is 9.29. The van der Waals surface area contributed by atoms with Gasteiger partial charge in [0.2, 0.25) is 6.41 Å². The van der Waals surface area contributed by atoms with Crippen LogP contribution in [-0.2, 0) is 17.3 Å². The highest BCUT2D eigenvalue weighted by atomic mass is 35.5. The molecular formula is C21H20ClFN4O2. The molecular weight excluding hydrogens is 395 g/mol. The van der Waals surface area contributed by atoms with Crippen molar-refractivity contribution in [2.75, 3.05) is 18.1 Å². The van der Waals surface area contributed by atoms with E-state index < -0.39 is 0 Å². The van der Waals surface area contributed by atoms with Crippen LogP contribution in [0, 0.1) is 5.82 Å². The zero-order valence-electron chi connectivity index (χ0n) is 15.8. The number of hydrogen-bond acceptors (Lipinski definition) is 4. The van der Waals surface area contributed by atoms with Gasteiger partial charge in [-0.25, -0.2) is 4.39 Å². The first-order valence-corrected chi connectivity index (χ1v) is 9.66. The maximum atomic E-state index is 13.3. The van der Waals surface area contributed by atoms with Gasteiger partial charge in [-0.3, -0.25) is 4.79 Å². The molecule has 2 aromatic carbocycles. The van der Waals surface area contributed by atoms with Gasteiger partial charge in [-0.15, -0.1) is 10.2 Å². The molecule has 1 N–H and O–H groups in total. The van der Waals surface area contributed by atoms with E-state index in [1.54, 1.807) is 30.3 Å². The molecule has 0 unspecified atom stereocenters. The van der Waals surface area contributed by atoms with Crippen LogP contribution in [0.25, 0.3) is 11.4 Å². The van der Waals surface area contributed by atoms with E-state index in [-0.39, 0.29) is 24.4 Å². The van der Waals surface area contributed by atoms with Crippen molar-refractivity contribution in [2.45, 2.75) is 18.3 Å². The molecule has 1 aliphatic rings. The zero-order valence-corrected chi connectivity index (χ0v) is 16.6. The van der Waals surface area contributed by atoms with Crippen molar-refractivity contribution in [3.8, 4) is 11.4 Å². The molecule has 150 valence electrons. The van der Waals surface area contributed by atoms with E-state index in [4.69, 9.17) is 16.7 Å². The Morgan fingerprint density at radius 2 is 1.97 bits per heavy atom. The van der Waals surface area contributed by atoms with Gasteiger partial charge in [0.15, 0.2) is 5.82 Å². The number of aliphatic hydroxyl groups is 1. The molecule has 8 heteroatoms. The Kier molecular flexibility index (Phi) is 5.10. The average Bonchev–Trinajstić information content (AvgIpc) is 3.43. The number of benzene rings is 2. The Labute approximate surface area is 172 Å². The molecule has 0 spiro atoms. The van der Waals surface area contributed by atoms with Gasteiger partial charge in [-0.2, -0.15) is 0 Å². The van der Waals surface area contributed by atoms with Crippen molar-refractivity contribution in [1.82, 2.24) is 14.8 Å². The maximum Gasteiger partial charge on any atom is 0.214 e. The van der Waals surface area contributed by atoms with Crippen molar-refractivity contribution in [3.63, 3.8) is 0 Å². The summed E-state index contributed by atoms with van der Waals surface area (Å²) in [4.78, 5) is 12.6. The molecule has 29 heavy (non-hydrogen) atoms. The Balaban J connectivity index is 1.69. The Hall–Kier alpha value is -2.77. The van der Waals surface area contributed by atoms with Crippen molar-refractivity contribution in [1.29, 1.82) is 0 Å². The van der Waals surface area contributed by atoms with Crippen molar-refractivity contribution in [3.05, 3.63) is 64.7 Å². The van der Waals surface area contributed by atoms with Crippen LogP contribution in [0.5, 0.6) is 0 Å². The summed E-state index contributed by atoms with van der Waals surface area (Å²) in [6.07, 6.45) is 2.50. The van der Waals surface area contributed by atoms with E-state index in [0.29, 0.717) is 28.5 Å². The van der Waals surface area contributed by atoms with Gasteiger partial charge < -0.3 is 14.6 Å². The Morgan fingerprint density at radius 3 is 2.55 bits per heavy atom. The molecule has 1 saturated carbocycles. The number of carbonyl (C=O) groups excluding carboxylic acids is 1. The molecule has 0 radical (unpaired) electrons. The summed E-state index contributed by atoms with van der Waals surface area (Å²) >= 11 is 6.48. The van der Waals surface area contributed by atoms with Gasteiger partial charge >= 0.3 is 0 Å². The van der Waals surface area contributed by atoms with E-state index >= 15 is 0 Å². The largest absolute Gasteiger partial charge is 0.395 e. The third kappa shape index (κ3) is 3.41. The van der Waals surface area contributed by atoms with Crippen LogP contribution < -0.4 is 4.90 Å². The van der Waals surface area contributed by atoms with Gasteiger partial charge in [-0.05, 0) is 48.7 Å². The lowest BCUT2D eigenvalue weighted by Gasteiger charge is -2.18. The highest BCUT2D eigenvalue weighted by molar-refractivity contribution is 6.33. The summed E-state index contributed by atoms with van der Waals surface area (Å²) in [5.41, 5.74) is 2.06. The third-order valence-electron chi connectivity index (χ3n) is 5.44. The highest BCUT2D eigenvalue weighted by Gasteiger charge is 2.50. The highest BCUT2D eigenvalue weighted by Crippen LogP contribution is 2.53. The number of hydrogen-bond donors (Lipinski definition) is 1. The molecule has 1 fully saturated rings. The molecule has 0 atom stereocenters. The summed E-state index contributed by atoms with van der Waals surface area (Å²) in [5, 5.41) is 18.3. The van der Waals surface area contributed by atoms with E-state index in [1.807, 2.05) is 11.6 Å². The summed E-state index contributed by atoms with van der Waals surface area (Å²) in [6.45, 7) is 0.0453. The average molecular weight is 415 g/mol. The topological polar surface area (TPSA) is 71.2 Å². The van der Waals surface area contributed by atoms with Gasteiger partial charge in [0, 0.05) is 24.8 Å². The Bertz CT molecular complexity index is 1050. The van der Waals surface area contributed by atoms with E-state index in [1.165, 1.54) is 17.0 Å². The van der Waals surface area contributed by atoms with E-state index in [0.717, 1.165) is 24.2 Å². The van der Waals surface area contributed by atoms with Crippen LogP contribution in [0.3, 0.4) is 0 Å². The number of carbonyl (C=O) groups is 1. The lowest BCUT2D eigenvalue weighted by atomic mass is 9.95. The fourth-order valence-corrected chi connectivity index (χ4v) is 3.99. The van der Waals surface area contributed by atoms with Crippen molar-refractivity contribution >= 4 is 23.7 Å². The number of aliphatic hydroxyl groups excluding tert-OH is 1. The second kappa shape index (κ2) is 7.57. The smallest absolute Gasteiger partial charge is 0.214 e. The fourth-order valence-electron chi connectivity index (χ4n) is 3.73. The predicted molar refractivity (Wildman–Crippen MR) is 108 cm³/mol. The number of nitrogens with zero attached hydrogens (tertiary/aromatic N) is 4. The molecule has 1 amide bonds. The van der Waals surface area contributed by atoms with Gasteiger partial charge in [0.05, 0.1) is 17.0 Å². The minimum atomic E-state index is -0.263. The number of anilines is 1. The lowest BCUT2D eigenvalue weighted by Crippen LogP contribution is -2.24. The lowest BCUT2D eigenvalue weighted by molar-refractivity contribution is -0.107. The van der Waals surface area contributed by atoms with E-state index in [2.05, 4.69) is 10.2 Å². The molecule has 0 bridgehead atoms. The maximum absolute atomic E-state index is 13.3. The second-order valence-corrected chi connectivity index (χ2v) is 7.59. The monoisotopic (exact) mass is 414 g/mol. The van der Waals surface area contributed by atoms with Crippen LogP contribution >= 0.6 is 11.6 Å². The summed E-state index contributed by atoms with van der Waals surface area (Å²) in [6, 6.07) is 11.7. The van der Waals surface area contributed by atoms with Gasteiger partial charge in [-0.1, -0.05) is 23.7 Å². The molecule has 0 saturated heterocycles. The third-order valence-corrected chi connectivity index (χ3v) is 5.76. The van der Waals surface area contributed by atoms with Crippen LogP contribution in [0.1, 0.15) is 24.2 Å².